The molecule has 1 N–H and O–H groups in total. The van der Waals surface area contributed by atoms with Crippen LogP contribution in [0.5, 0.6) is 0 Å². The average Bonchev–Trinajstić information content (AvgIpc) is 3.07. The van der Waals surface area contributed by atoms with Crippen LogP contribution < -0.4 is 5.32 Å². The van der Waals surface area contributed by atoms with Crippen LogP contribution in [0.15, 0.2) is 42.4 Å². The van der Waals surface area contributed by atoms with Crippen LogP contribution in [0.25, 0.3) is 0 Å². The summed E-state index contributed by atoms with van der Waals surface area (Å²) < 4.78 is 36.9. The van der Waals surface area contributed by atoms with Crippen molar-refractivity contribution in [1.29, 1.82) is 0 Å². The second-order valence-electron chi connectivity index (χ2n) is 7.81. The van der Waals surface area contributed by atoms with Gasteiger partial charge in [0.25, 0.3) is 5.91 Å². The molecule has 1 atom stereocenters. The number of Topliss-reactive ketones (excluding diaryl/α,β-unsaturated/α-hetero) is 1. The van der Waals surface area contributed by atoms with Crippen molar-refractivity contribution in [2.75, 3.05) is 0 Å². The normalized spacial score (nSPS) is 19.0. The highest BCUT2D eigenvalue weighted by molar-refractivity contribution is 6.30. The molecule has 4 rings (SSSR count). The molecule has 6 nitrogen and oxygen atoms in total. The molecule has 1 saturated heterocycles. The zero-order chi connectivity index (χ0) is 23.9. The molecule has 2 aliphatic heterocycles. The zero-order valence-electron chi connectivity index (χ0n) is 17.8. The van der Waals surface area contributed by atoms with Crippen LogP contribution in [0.3, 0.4) is 0 Å². The van der Waals surface area contributed by atoms with Gasteiger partial charge in [-0.15, -0.1) is 0 Å². The molecule has 0 saturated carbocycles. The third-order valence-electron chi connectivity index (χ3n) is 5.69. The molecule has 0 aromatic heterocycles. The highest BCUT2D eigenvalue weighted by atomic mass is 35.5. The van der Waals surface area contributed by atoms with E-state index < -0.39 is 41.7 Å². The van der Waals surface area contributed by atoms with Gasteiger partial charge in [0.05, 0.1) is 1.37 Å². The van der Waals surface area contributed by atoms with E-state index in [1.54, 1.807) is 18.2 Å². The summed E-state index contributed by atoms with van der Waals surface area (Å²) in [5, 5.41) is 2.36. The first-order valence-electron chi connectivity index (χ1n) is 10.5. The molecule has 3 amide bonds. The Morgan fingerprint density at radius 2 is 2.00 bits per heavy atom. The third-order valence-corrected chi connectivity index (χ3v) is 5.93. The van der Waals surface area contributed by atoms with Gasteiger partial charge in [0, 0.05) is 35.5 Å². The minimum absolute atomic E-state index is 0.0230. The highest BCUT2D eigenvalue weighted by Gasteiger charge is 2.41. The van der Waals surface area contributed by atoms with Crippen molar-refractivity contribution >= 4 is 35.1 Å². The Morgan fingerprint density at radius 1 is 1.22 bits per heavy atom. The number of nitrogens with zero attached hydrogens (tertiary/aromatic N) is 1. The summed E-state index contributed by atoms with van der Waals surface area (Å²) in [6, 6.07) is 6.81. The van der Waals surface area contributed by atoms with Crippen molar-refractivity contribution in [3.8, 4) is 0 Å². The molecule has 2 aliphatic rings. The second-order valence-corrected chi connectivity index (χ2v) is 8.25. The summed E-state index contributed by atoms with van der Waals surface area (Å²) >= 11 is 5.70. The summed E-state index contributed by atoms with van der Waals surface area (Å²) in [5.74, 6) is -6.37. The number of carbonyl (C=O) groups is 4. The number of hydrogen-bond donors (Lipinski definition) is 1. The zero-order valence-corrected chi connectivity index (χ0v) is 17.5. The number of aryl methyl sites for hydroxylation is 1. The van der Waals surface area contributed by atoms with Gasteiger partial charge < -0.3 is 4.90 Å². The number of ketones is 1. The number of carbonyl (C=O) groups excluding carboxylic acids is 4. The van der Waals surface area contributed by atoms with E-state index in [0.717, 1.165) is 12.1 Å². The molecule has 1 fully saturated rings. The predicted octanol–water partition coefficient (Wildman–Crippen LogP) is 3.39. The van der Waals surface area contributed by atoms with E-state index >= 15 is 0 Å². The van der Waals surface area contributed by atoms with E-state index in [0.29, 0.717) is 16.7 Å². The maximum atomic E-state index is 14.6. The fourth-order valence-electron chi connectivity index (χ4n) is 3.95. The molecule has 166 valence electrons. The van der Waals surface area contributed by atoms with Crippen LogP contribution in [0.2, 0.25) is 5.02 Å². The smallest absolute Gasteiger partial charge is 0.322 e. The van der Waals surface area contributed by atoms with Crippen LogP contribution in [-0.4, -0.2) is 34.4 Å². The number of halogens is 3. The predicted molar refractivity (Wildman–Crippen MR) is 111 cm³/mol. The Balaban J connectivity index is 1.44. The number of piperidine rings is 1. The number of imide groups is 1. The first-order valence-corrected chi connectivity index (χ1v) is 10.4. The third kappa shape index (κ3) is 4.14. The number of nitrogens with one attached hydrogen (secondary N) is 1. The number of hydrogen-bond acceptors (Lipinski definition) is 4. The van der Waals surface area contributed by atoms with Crippen LogP contribution in [0.4, 0.5) is 8.78 Å². The van der Waals surface area contributed by atoms with Gasteiger partial charge in [-0.05, 0) is 42.2 Å². The molecule has 0 radical (unpaired) electrons. The molecule has 2 aromatic carbocycles. The lowest BCUT2D eigenvalue weighted by molar-refractivity contribution is -0.144. The largest absolute Gasteiger partial charge is 0.330 e. The van der Waals surface area contributed by atoms with Gasteiger partial charge >= 0.3 is 5.92 Å². The topological polar surface area (TPSA) is 83.6 Å². The first-order chi connectivity index (χ1) is 15.6. The summed E-state index contributed by atoms with van der Waals surface area (Å²) in [5.41, 5.74) is 0.932. The van der Waals surface area contributed by atoms with Crippen molar-refractivity contribution in [3.63, 3.8) is 0 Å². The monoisotopic (exact) mass is 461 g/mol. The lowest BCUT2D eigenvalue weighted by Gasteiger charge is -2.29. The van der Waals surface area contributed by atoms with Crippen molar-refractivity contribution < 1.29 is 29.3 Å². The maximum Gasteiger partial charge on any atom is 0.330 e. The lowest BCUT2D eigenvalue weighted by atomic mass is 9.97. The van der Waals surface area contributed by atoms with Crippen LogP contribution in [-0.2, 0) is 33.3 Å². The van der Waals surface area contributed by atoms with E-state index in [1.165, 1.54) is 11.0 Å². The number of amides is 3. The average molecular weight is 462 g/mol. The molecule has 0 bridgehead atoms. The number of fused-ring (bicyclic) bond motifs is 1. The second kappa shape index (κ2) is 8.43. The quantitative estimate of drug-likeness (QED) is 0.668. The molecule has 2 aromatic rings. The first kappa shape index (κ1) is 20.8. The van der Waals surface area contributed by atoms with E-state index in [4.69, 9.17) is 13.0 Å². The standard InChI is InChI=1S/C23H19ClF2N2O4/c24-16-5-3-15(4-6-16)23(25,26)19(29)9-2-13-1-7-17-14(11-13)12-28(22(17)32)18-8-10-20(30)27-21(18)31/h1,3-7,11,18H,2,8-10,12H2,(H,27,30,31)/i3D. The molecular weight excluding hydrogens is 442 g/mol. The molecule has 9 heteroatoms. The maximum absolute atomic E-state index is 14.6. The highest BCUT2D eigenvalue weighted by Crippen LogP contribution is 2.32. The van der Waals surface area contributed by atoms with Gasteiger partial charge in [0.2, 0.25) is 17.6 Å². The molecular formula is C23H19ClF2N2O4. The van der Waals surface area contributed by atoms with Crippen LogP contribution in [0, 0.1) is 0 Å². The fourth-order valence-corrected chi connectivity index (χ4v) is 4.07. The van der Waals surface area contributed by atoms with Crippen molar-refractivity contribution in [2.24, 2.45) is 0 Å². The van der Waals surface area contributed by atoms with Gasteiger partial charge in [-0.1, -0.05) is 35.8 Å². The summed E-state index contributed by atoms with van der Waals surface area (Å²) in [7, 11) is 0. The van der Waals surface area contributed by atoms with E-state index in [-0.39, 0.29) is 42.6 Å². The molecule has 1 unspecified atom stereocenters. The van der Waals surface area contributed by atoms with Gasteiger partial charge in [-0.3, -0.25) is 24.5 Å². The summed E-state index contributed by atoms with van der Waals surface area (Å²) in [4.78, 5) is 49.9. The minimum atomic E-state index is -3.82. The van der Waals surface area contributed by atoms with Crippen LogP contribution in [0.1, 0.15) is 47.7 Å². The van der Waals surface area contributed by atoms with Gasteiger partial charge in [-0.25, -0.2) is 0 Å². The van der Waals surface area contributed by atoms with Gasteiger partial charge in [-0.2, -0.15) is 8.78 Å². The summed E-state index contributed by atoms with van der Waals surface area (Å²) in [6.07, 6.45) is -0.0524. The van der Waals surface area contributed by atoms with Crippen molar-refractivity contribution in [3.05, 3.63) is 69.7 Å². The van der Waals surface area contributed by atoms with E-state index in [9.17, 15) is 28.0 Å². The lowest BCUT2D eigenvalue weighted by Crippen LogP contribution is -2.52. The minimum Gasteiger partial charge on any atom is -0.322 e. The SMILES string of the molecule is [2H]c1cc(Cl)ccc1C(F)(F)C(=O)CCc1ccc2c(c1)CN(C1CCC(=O)NC1=O)C2=O. The van der Waals surface area contributed by atoms with Gasteiger partial charge in [0.1, 0.15) is 6.04 Å². The molecule has 0 aliphatic carbocycles. The number of rotatable bonds is 6. The van der Waals surface area contributed by atoms with Crippen molar-refractivity contribution in [1.82, 2.24) is 10.2 Å². The Morgan fingerprint density at radius 3 is 2.72 bits per heavy atom. The Kier molecular flexibility index (Phi) is 5.46. The Hall–Kier alpha value is -3.13. The van der Waals surface area contributed by atoms with E-state index in [2.05, 4.69) is 5.32 Å². The molecule has 2 heterocycles. The molecule has 32 heavy (non-hydrogen) atoms. The Bertz CT molecular complexity index is 1190. The summed E-state index contributed by atoms with van der Waals surface area (Å²) in [6.45, 7) is 0.158. The fraction of sp³-hybridized carbons (Fsp3) is 0.304. The number of alkyl halides is 2. The van der Waals surface area contributed by atoms with E-state index in [1.807, 2.05) is 0 Å². The van der Waals surface area contributed by atoms with Crippen LogP contribution >= 0.6 is 11.6 Å². The number of benzene rings is 2. The molecule has 0 spiro atoms. The van der Waals surface area contributed by atoms with Gasteiger partial charge in [0.15, 0.2) is 0 Å². The Labute approximate surface area is 188 Å². The van der Waals surface area contributed by atoms with Crippen molar-refractivity contribution in [2.45, 2.75) is 44.2 Å².